The van der Waals surface area contributed by atoms with E-state index in [-0.39, 0.29) is 11.6 Å². The summed E-state index contributed by atoms with van der Waals surface area (Å²) in [5.74, 6) is 0.0253. The molecule has 19 heavy (non-hydrogen) atoms. The van der Waals surface area contributed by atoms with E-state index in [1.807, 2.05) is 0 Å². The average Bonchev–Trinajstić information content (AvgIpc) is 2.30. The van der Waals surface area contributed by atoms with Crippen LogP contribution < -0.4 is 22.9 Å². The van der Waals surface area contributed by atoms with Gasteiger partial charge in [0.1, 0.15) is 11.6 Å². The van der Waals surface area contributed by atoms with Gasteiger partial charge in [0.25, 0.3) is 0 Å². The second-order valence-electron chi connectivity index (χ2n) is 3.72. The Labute approximate surface area is 113 Å². The summed E-state index contributed by atoms with van der Waals surface area (Å²) >= 11 is 1.20. The van der Waals surface area contributed by atoms with Crippen molar-refractivity contribution in [1.82, 2.24) is 9.97 Å². The van der Waals surface area contributed by atoms with Gasteiger partial charge >= 0.3 is 0 Å². The van der Waals surface area contributed by atoms with Crippen LogP contribution in [0.5, 0.6) is 0 Å². The summed E-state index contributed by atoms with van der Waals surface area (Å²) in [4.78, 5) is 19.8. The molecule has 0 fully saturated rings. The van der Waals surface area contributed by atoms with Gasteiger partial charge in [0.05, 0.1) is 0 Å². The first-order valence-corrected chi connectivity index (χ1v) is 6.04. The fraction of sp³-hybridized carbons (Fsp3) is 0. The van der Waals surface area contributed by atoms with E-state index in [9.17, 15) is 4.79 Å². The van der Waals surface area contributed by atoms with Crippen LogP contribution in [0.3, 0.4) is 0 Å². The number of rotatable bonds is 3. The number of anilines is 3. The largest absolute Gasteiger partial charge is 0.398 e. The van der Waals surface area contributed by atoms with Crippen molar-refractivity contribution < 1.29 is 4.79 Å². The molecule has 8 N–H and O–H groups in total. The summed E-state index contributed by atoms with van der Waals surface area (Å²) in [5, 5.41) is 0.385. The Morgan fingerprint density at radius 3 is 2.21 bits per heavy atom. The molecule has 0 atom stereocenters. The van der Waals surface area contributed by atoms with Gasteiger partial charge in [-0.2, -0.15) is 0 Å². The van der Waals surface area contributed by atoms with E-state index in [0.717, 1.165) is 0 Å². The van der Waals surface area contributed by atoms with E-state index in [4.69, 9.17) is 22.9 Å². The Balaban J connectivity index is 2.30. The molecule has 2 aromatic rings. The fourth-order valence-corrected chi connectivity index (χ4v) is 2.21. The van der Waals surface area contributed by atoms with Crippen molar-refractivity contribution in [3.05, 3.63) is 29.8 Å². The minimum Gasteiger partial charge on any atom is -0.398 e. The van der Waals surface area contributed by atoms with E-state index in [1.54, 1.807) is 12.1 Å². The van der Waals surface area contributed by atoms with Crippen LogP contribution in [0.25, 0.3) is 0 Å². The van der Waals surface area contributed by atoms with E-state index >= 15 is 0 Å². The van der Waals surface area contributed by atoms with Crippen molar-refractivity contribution in [3.63, 3.8) is 0 Å². The van der Waals surface area contributed by atoms with Gasteiger partial charge in [-0.05, 0) is 30.0 Å². The third kappa shape index (κ3) is 3.05. The summed E-state index contributed by atoms with van der Waals surface area (Å²) in [6.45, 7) is 0. The highest BCUT2D eigenvalue weighted by atomic mass is 32.2. The number of hydrogen-bond donors (Lipinski definition) is 4. The van der Waals surface area contributed by atoms with Crippen LogP contribution in [0.15, 0.2) is 34.3 Å². The standard InChI is InChI=1S/C11H12N6OS/c12-6-3-5(10(15)18)1-2-7(6)19-11-16-8(13)4-9(14)17-11/h1-4H,12H2,(H2,15,18)(H4,13,14,16,17). The molecule has 1 aromatic carbocycles. The first kappa shape index (κ1) is 13.0. The fourth-order valence-electron chi connectivity index (χ4n) is 1.40. The molecule has 0 bridgehead atoms. The van der Waals surface area contributed by atoms with Gasteiger partial charge < -0.3 is 22.9 Å². The summed E-state index contributed by atoms with van der Waals surface area (Å²) in [6.07, 6.45) is 0. The first-order valence-electron chi connectivity index (χ1n) is 5.23. The molecule has 1 heterocycles. The van der Waals surface area contributed by atoms with Crippen LogP contribution in [-0.4, -0.2) is 15.9 Å². The molecule has 0 unspecified atom stereocenters. The Morgan fingerprint density at radius 1 is 1.05 bits per heavy atom. The van der Waals surface area contributed by atoms with E-state index in [1.165, 1.54) is 23.9 Å². The number of aromatic nitrogens is 2. The lowest BCUT2D eigenvalue weighted by Crippen LogP contribution is -2.11. The van der Waals surface area contributed by atoms with Gasteiger partial charge in [0, 0.05) is 22.2 Å². The number of carbonyl (C=O) groups is 1. The lowest BCUT2D eigenvalue weighted by Gasteiger charge is -2.06. The maximum absolute atomic E-state index is 11.0. The minimum absolute atomic E-state index is 0.280. The van der Waals surface area contributed by atoms with Gasteiger partial charge in [0.2, 0.25) is 5.91 Å². The smallest absolute Gasteiger partial charge is 0.248 e. The van der Waals surface area contributed by atoms with Gasteiger partial charge in [-0.3, -0.25) is 4.79 Å². The molecular formula is C11H12N6OS. The van der Waals surface area contributed by atoms with Crippen molar-refractivity contribution in [2.75, 3.05) is 17.2 Å². The summed E-state index contributed by atoms with van der Waals surface area (Å²) in [6, 6.07) is 6.21. The summed E-state index contributed by atoms with van der Waals surface area (Å²) in [7, 11) is 0. The third-order valence-corrected chi connectivity index (χ3v) is 3.20. The number of nitrogen functional groups attached to an aromatic ring is 3. The summed E-state index contributed by atoms with van der Waals surface area (Å²) < 4.78 is 0. The number of carbonyl (C=O) groups excluding carboxylic acids is 1. The topological polar surface area (TPSA) is 147 Å². The monoisotopic (exact) mass is 276 g/mol. The lowest BCUT2D eigenvalue weighted by atomic mass is 10.2. The zero-order valence-electron chi connectivity index (χ0n) is 9.83. The van der Waals surface area contributed by atoms with E-state index in [0.29, 0.717) is 21.3 Å². The Kier molecular flexibility index (Phi) is 3.43. The molecule has 0 aliphatic rings. The average molecular weight is 276 g/mol. The second-order valence-corrected chi connectivity index (χ2v) is 4.73. The predicted octanol–water partition coefficient (Wildman–Crippen LogP) is 0.473. The van der Waals surface area contributed by atoms with Crippen LogP contribution in [0.2, 0.25) is 0 Å². The first-order chi connectivity index (χ1) is 8.95. The SMILES string of the molecule is NC(=O)c1ccc(Sc2nc(N)cc(N)n2)c(N)c1. The maximum Gasteiger partial charge on any atom is 0.248 e. The molecule has 0 spiro atoms. The zero-order valence-corrected chi connectivity index (χ0v) is 10.6. The Morgan fingerprint density at radius 2 is 1.68 bits per heavy atom. The number of primary amides is 1. The van der Waals surface area contributed by atoms with Crippen LogP contribution in [-0.2, 0) is 0 Å². The van der Waals surface area contributed by atoms with Crippen LogP contribution in [0, 0.1) is 0 Å². The molecule has 0 aliphatic heterocycles. The number of hydrogen-bond acceptors (Lipinski definition) is 7. The van der Waals surface area contributed by atoms with Crippen LogP contribution in [0.4, 0.5) is 17.3 Å². The molecule has 1 amide bonds. The molecule has 1 aromatic heterocycles. The van der Waals surface area contributed by atoms with Crippen LogP contribution >= 0.6 is 11.8 Å². The highest BCUT2D eigenvalue weighted by Crippen LogP contribution is 2.31. The zero-order chi connectivity index (χ0) is 14.0. The third-order valence-electron chi connectivity index (χ3n) is 2.24. The summed E-state index contributed by atoms with van der Waals surface area (Å²) in [5.41, 5.74) is 22.9. The highest BCUT2D eigenvalue weighted by molar-refractivity contribution is 7.99. The van der Waals surface area contributed by atoms with E-state index < -0.39 is 5.91 Å². The van der Waals surface area contributed by atoms with Crippen LogP contribution in [0.1, 0.15) is 10.4 Å². The van der Waals surface area contributed by atoms with Gasteiger partial charge in [-0.15, -0.1) is 0 Å². The van der Waals surface area contributed by atoms with Gasteiger partial charge in [-0.25, -0.2) is 9.97 Å². The molecule has 0 saturated heterocycles. The second kappa shape index (κ2) is 5.02. The van der Waals surface area contributed by atoms with Gasteiger partial charge in [-0.1, -0.05) is 0 Å². The van der Waals surface area contributed by atoms with Crippen molar-refractivity contribution in [2.24, 2.45) is 5.73 Å². The Bertz CT molecular complexity index is 625. The van der Waals surface area contributed by atoms with Gasteiger partial charge in [0.15, 0.2) is 5.16 Å². The number of benzene rings is 1. The Hall–Kier alpha value is -2.48. The normalized spacial score (nSPS) is 10.3. The highest BCUT2D eigenvalue weighted by Gasteiger charge is 2.09. The molecule has 2 rings (SSSR count). The molecule has 0 saturated carbocycles. The number of nitrogens with two attached hydrogens (primary N) is 4. The van der Waals surface area contributed by atoms with Crippen molar-refractivity contribution >= 4 is 35.0 Å². The van der Waals surface area contributed by atoms with Crippen molar-refractivity contribution in [2.45, 2.75) is 10.1 Å². The number of amides is 1. The molecule has 7 nitrogen and oxygen atoms in total. The van der Waals surface area contributed by atoms with Crippen molar-refractivity contribution in [1.29, 1.82) is 0 Å². The molecule has 0 radical (unpaired) electrons. The molecule has 98 valence electrons. The van der Waals surface area contributed by atoms with E-state index in [2.05, 4.69) is 9.97 Å². The molecule has 8 heteroatoms. The quantitative estimate of drug-likeness (QED) is 0.470. The molecule has 0 aliphatic carbocycles. The van der Waals surface area contributed by atoms with Crippen molar-refractivity contribution in [3.8, 4) is 0 Å². The molecular weight excluding hydrogens is 264 g/mol. The minimum atomic E-state index is -0.535. The predicted molar refractivity (Wildman–Crippen MR) is 74.4 cm³/mol. The maximum atomic E-state index is 11.0. The lowest BCUT2D eigenvalue weighted by molar-refractivity contribution is 0.100. The number of nitrogens with zero attached hydrogens (tertiary/aromatic N) is 2.